The Labute approximate surface area is 91.3 Å². The lowest BCUT2D eigenvalue weighted by molar-refractivity contribution is -0.134. The molecule has 0 aromatic carbocycles. The maximum atomic E-state index is 12.1. The van der Waals surface area contributed by atoms with Gasteiger partial charge in [-0.15, -0.1) is 0 Å². The maximum absolute atomic E-state index is 12.1. The van der Waals surface area contributed by atoms with Crippen molar-refractivity contribution in [1.29, 1.82) is 0 Å². The van der Waals surface area contributed by atoms with Crippen molar-refractivity contribution in [3.8, 4) is 0 Å². The molecule has 2 aliphatic rings. The Morgan fingerprint density at radius 2 is 2.13 bits per heavy atom. The van der Waals surface area contributed by atoms with Crippen molar-refractivity contribution < 1.29 is 4.79 Å². The third-order valence-corrected chi connectivity index (χ3v) is 3.64. The van der Waals surface area contributed by atoms with E-state index in [2.05, 4.69) is 12.2 Å². The Kier molecular flexibility index (Phi) is 3.10. The number of rotatable bonds is 2. The molecule has 2 rings (SSSR count). The largest absolute Gasteiger partial charge is 0.342 e. The Balaban J connectivity index is 1.87. The van der Waals surface area contributed by atoms with Crippen molar-refractivity contribution in [2.45, 2.75) is 32.2 Å². The molecule has 1 aliphatic heterocycles. The van der Waals surface area contributed by atoms with Crippen LogP contribution in [0.2, 0.25) is 0 Å². The molecule has 1 fully saturated rings. The Bertz CT molecular complexity index is 265. The summed E-state index contributed by atoms with van der Waals surface area (Å²) < 4.78 is 0. The zero-order valence-corrected chi connectivity index (χ0v) is 9.36. The van der Waals surface area contributed by atoms with E-state index in [9.17, 15) is 4.79 Å². The topological polar surface area (TPSA) is 46.3 Å². The van der Waals surface area contributed by atoms with E-state index in [0.29, 0.717) is 11.8 Å². The minimum absolute atomic E-state index is 0.213. The highest BCUT2D eigenvalue weighted by atomic mass is 16.2. The van der Waals surface area contributed by atoms with E-state index in [1.165, 1.54) is 0 Å². The van der Waals surface area contributed by atoms with E-state index in [-0.39, 0.29) is 12.0 Å². The second-order valence-corrected chi connectivity index (χ2v) is 4.83. The molecular formula is C12H20N2O. The number of nitrogens with zero attached hydrogens (tertiary/aromatic N) is 1. The lowest BCUT2D eigenvalue weighted by Crippen LogP contribution is -2.35. The number of carbonyl (C=O) groups is 1. The van der Waals surface area contributed by atoms with E-state index in [4.69, 9.17) is 5.73 Å². The fourth-order valence-corrected chi connectivity index (χ4v) is 2.49. The third kappa shape index (κ3) is 2.23. The normalized spacial score (nSPS) is 28.7. The van der Waals surface area contributed by atoms with Gasteiger partial charge in [0.15, 0.2) is 0 Å². The monoisotopic (exact) mass is 208 g/mol. The summed E-state index contributed by atoms with van der Waals surface area (Å²) in [5.74, 6) is 1.06. The highest BCUT2D eigenvalue weighted by molar-refractivity contribution is 5.80. The molecule has 84 valence electrons. The van der Waals surface area contributed by atoms with Gasteiger partial charge in [-0.25, -0.2) is 0 Å². The summed E-state index contributed by atoms with van der Waals surface area (Å²) in [6.45, 7) is 3.81. The molecule has 2 atom stereocenters. The van der Waals surface area contributed by atoms with Crippen molar-refractivity contribution in [2.75, 3.05) is 13.1 Å². The van der Waals surface area contributed by atoms with Crippen LogP contribution < -0.4 is 5.73 Å². The van der Waals surface area contributed by atoms with Crippen LogP contribution in [0.4, 0.5) is 0 Å². The molecular weight excluding hydrogens is 188 g/mol. The fourth-order valence-electron chi connectivity index (χ4n) is 2.49. The average Bonchev–Trinajstić information content (AvgIpc) is 2.88. The lowest BCUT2D eigenvalue weighted by atomic mass is 10.0. The SMILES string of the molecule is CC(N)C1CCN(C(=O)C2CC=CC2)C1. The number of hydrogen-bond acceptors (Lipinski definition) is 2. The maximum Gasteiger partial charge on any atom is 0.226 e. The van der Waals surface area contributed by atoms with Crippen LogP contribution in [-0.2, 0) is 4.79 Å². The summed E-state index contributed by atoms with van der Waals surface area (Å²) in [7, 11) is 0. The smallest absolute Gasteiger partial charge is 0.226 e. The minimum Gasteiger partial charge on any atom is -0.342 e. The number of allylic oxidation sites excluding steroid dienone is 2. The molecule has 1 amide bonds. The van der Waals surface area contributed by atoms with Crippen molar-refractivity contribution in [1.82, 2.24) is 4.90 Å². The molecule has 0 saturated carbocycles. The first-order valence-electron chi connectivity index (χ1n) is 5.88. The van der Waals surface area contributed by atoms with Crippen LogP contribution in [0.5, 0.6) is 0 Å². The number of amides is 1. The van der Waals surface area contributed by atoms with Gasteiger partial charge in [0.2, 0.25) is 5.91 Å². The Morgan fingerprint density at radius 1 is 1.47 bits per heavy atom. The molecule has 15 heavy (non-hydrogen) atoms. The zero-order chi connectivity index (χ0) is 10.8. The van der Waals surface area contributed by atoms with Crippen LogP contribution in [0, 0.1) is 11.8 Å². The summed E-state index contributed by atoms with van der Waals surface area (Å²) in [6, 6.07) is 0.213. The van der Waals surface area contributed by atoms with Crippen LogP contribution in [0.1, 0.15) is 26.2 Å². The molecule has 1 aliphatic carbocycles. The summed E-state index contributed by atoms with van der Waals surface area (Å²) in [4.78, 5) is 14.1. The predicted molar refractivity (Wildman–Crippen MR) is 60.2 cm³/mol. The van der Waals surface area contributed by atoms with Gasteiger partial charge in [0.05, 0.1) is 0 Å². The number of likely N-dealkylation sites (tertiary alicyclic amines) is 1. The predicted octanol–water partition coefficient (Wildman–Crippen LogP) is 1.15. The third-order valence-electron chi connectivity index (χ3n) is 3.64. The van der Waals surface area contributed by atoms with Crippen LogP contribution in [-0.4, -0.2) is 29.9 Å². The first-order chi connectivity index (χ1) is 7.18. The van der Waals surface area contributed by atoms with Gasteiger partial charge in [0.1, 0.15) is 0 Å². The van der Waals surface area contributed by atoms with Gasteiger partial charge in [0, 0.05) is 25.0 Å². The number of carbonyl (C=O) groups excluding carboxylic acids is 1. The van der Waals surface area contributed by atoms with Gasteiger partial charge >= 0.3 is 0 Å². The van der Waals surface area contributed by atoms with Gasteiger partial charge in [-0.05, 0) is 32.1 Å². The van der Waals surface area contributed by atoms with Crippen molar-refractivity contribution in [2.24, 2.45) is 17.6 Å². The summed E-state index contributed by atoms with van der Waals surface area (Å²) in [5, 5.41) is 0. The molecule has 1 heterocycles. The summed E-state index contributed by atoms with van der Waals surface area (Å²) in [5.41, 5.74) is 5.86. The van der Waals surface area contributed by atoms with E-state index >= 15 is 0 Å². The quantitative estimate of drug-likeness (QED) is 0.692. The van der Waals surface area contributed by atoms with Gasteiger partial charge in [0.25, 0.3) is 0 Å². The van der Waals surface area contributed by atoms with Crippen LogP contribution >= 0.6 is 0 Å². The highest BCUT2D eigenvalue weighted by Crippen LogP contribution is 2.25. The van der Waals surface area contributed by atoms with Crippen molar-refractivity contribution in [3.63, 3.8) is 0 Å². The molecule has 2 N–H and O–H groups in total. The van der Waals surface area contributed by atoms with Crippen LogP contribution in [0.3, 0.4) is 0 Å². The van der Waals surface area contributed by atoms with Gasteiger partial charge in [-0.1, -0.05) is 12.2 Å². The standard InChI is InChI=1S/C12H20N2O/c1-9(13)11-6-7-14(8-11)12(15)10-4-2-3-5-10/h2-3,9-11H,4-8,13H2,1H3. The second-order valence-electron chi connectivity index (χ2n) is 4.83. The van der Waals surface area contributed by atoms with Crippen molar-refractivity contribution >= 4 is 5.91 Å². The van der Waals surface area contributed by atoms with Gasteiger partial charge in [-0.2, -0.15) is 0 Å². The van der Waals surface area contributed by atoms with Crippen molar-refractivity contribution in [3.05, 3.63) is 12.2 Å². The minimum atomic E-state index is 0.213. The molecule has 0 radical (unpaired) electrons. The molecule has 0 bridgehead atoms. The molecule has 1 saturated heterocycles. The summed E-state index contributed by atoms with van der Waals surface area (Å²) in [6.07, 6.45) is 7.16. The molecule has 0 spiro atoms. The first-order valence-corrected chi connectivity index (χ1v) is 5.88. The number of hydrogen-bond donors (Lipinski definition) is 1. The molecule has 0 aromatic rings. The van der Waals surface area contributed by atoms with Gasteiger partial charge in [-0.3, -0.25) is 4.79 Å². The van der Waals surface area contributed by atoms with Gasteiger partial charge < -0.3 is 10.6 Å². The highest BCUT2D eigenvalue weighted by Gasteiger charge is 2.32. The first kappa shape index (κ1) is 10.7. The summed E-state index contributed by atoms with van der Waals surface area (Å²) >= 11 is 0. The van der Waals surface area contributed by atoms with E-state index in [1.54, 1.807) is 0 Å². The van der Waals surface area contributed by atoms with Crippen LogP contribution in [0.15, 0.2) is 12.2 Å². The van der Waals surface area contributed by atoms with E-state index in [0.717, 1.165) is 32.4 Å². The molecule has 2 unspecified atom stereocenters. The fraction of sp³-hybridized carbons (Fsp3) is 0.750. The Hall–Kier alpha value is -0.830. The number of nitrogens with two attached hydrogens (primary N) is 1. The molecule has 0 aromatic heterocycles. The van der Waals surface area contributed by atoms with E-state index < -0.39 is 0 Å². The average molecular weight is 208 g/mol. The second kappa shape index (κ2) is 4.35. The zero-order valence-electron chi connectivity index (χ0n) is 9.36. The molecule has 3 heteroatoms. The van der Waals surface area contributed by atoms with Crippen LogP contribution in [0.25, 0.3) is 0 Å². The van der Waals surface area contributed by atoms with E-state index in [1.807, 2.05) is 11.8 Å². The molecule has 3 nitrogen and oxygen atoms in total. The Morgan fingerprint density at radius 3 is 2.67 bits per heavy atom. The lowest BCUT2D eigenvalue weighted by Gasteiger charge is -2.21.